The zero-order chi connectivity index (χ0) is 31.1. The van der Waals surface area contributed by atoms with Crippen LogP contribution in [0.3, 0.4) is 0 Å². The van der Waals surface area contributed by atoms with Crippen LogP contribution in [0.4, 0.5) is 9.59 Å². The Morgan fingerprint density at radius 1 is 0.795 bits per heavy atom. The SMILES string of the molecule is NOS(=O)(=O)ON1C(=O)N2C[C@H]1CC[C@H]2c1nnc(CO)o1.O=C1N2C[C@@H](CC[C@H]2c2nnc(CO)o2)N1OS(=O)(=O)[O-].[Na+]. The van der Waals surface area contributed by atoms with Gasteiger partial charge in [0, 0.05) is 13.1 Å². The molecule has 4 amide bonds. The predicted molar refractivity (Wildman–Crippen MR) is 126 cm³/mol. The third kappa shape index (κ3) is 7.12. The first-order valence-corrected chi connectivity index (χ1v) is 15.0. The molecule has 6 heterocycles. The maximum atomic E-state index is 12.3. The van der Waals surface area contributed by atoms with Crippen LogP contribution in [0, 0.1) is 0 Å². The van der Waals surface area contributed by atoms with E-state index in [2.05, 4.69) is 39.1 Å². The molecule has 2 aromatic heterocycles. The molecule has 4 aliphatic heterocycles. The number of rotatable bonds is 9. The molecule has 26 heteroatoms. The van der Waals surface area contributed by atoms with Crippen LogP contribution >= 0.6 is 0 Å². The van der Waals surface area contributed by atoms with Crippen LogP contribution in [0.15, 0.2) is 8.83 Å². The van der Waals surface area contributed by atoms with Gasteiger partial charge in [0.2, 0.25) is 34.0 Å². The summed E-state index contributed by atoms with van der Waals surface area (Å²) in [5.41, 5.74) is 0. The molecule has 0 unspecified atom stereocenters. The summed E-state index contributed by atoms with van der Waals surface area (Å²) in [6, 6.07) is -3.43. The number of piperidine rings is 2. The predicted octanol–water partition coefficient (Wildman–Crippen LogP) is -5.53. The molecule has 0 aromatic carbocycles. The molecule has 6 rings (SSSR count). The molecule has 4 aliphatic rings. The van der Waals surface area contributed by atoms with E-state index in [1.165, 1.54) is 9.80 Å². The minimum absolute atomic E-state index is 0. The number of carbonyl (C=O) groups is 2. The van der Waals surface area contributed by atoms with Gasteiger partial charge >= 0.3 is 52.0 Å². The molecule has 44 heavy (non-hydrogen) atoms. The summed E-state index contributed by atoms with van der Waals surface area (Å²) >= 11 is 0. The van der Waals surface area contributed by atoms with Crippen molar-refractivity contribution in [3.8, 4) is 0 Å². The van der Waals surface area contributed by atoms with Crippen LogP contribution in [0.5, 0.6) is 0 Å². The molecule has 0 spiro atoms. The molecule has 4 fully saturated rings. The van der Waals surface area contributed by atoms with Crippen molar-refractivity contribution in [2.45, 2.75) is 63.1 Å². The van der Waals surface area contributed by atoms with Crippen LogP contribution in [-0.2, 0) is 46.9 Å². The average Bonchev–Trinajstić information content (AvgIpc) is 3.75. The zero-order valence-electron chi connectivity index (χ0n) is 22.7. The van der Waals surface area contributed by atoms with Gasteiger partial charge in [-0.15, -0.1) is 24.7 Å². The van der Waals surface area contributed by atoms with Crippen molar-refractivity contribution in [2.24, 2.45) is 5.90 Å². The number of nitrogens with two attached hydrogens (primary N) is 1. The fraction of sp³-hybridized carbons (Fsp3) is 0.667. The number of hydroxylamine groups is 4. The van der Waals surface area contributed by atoms with Crippen molar-refractivity contribution >= 4 is 32.9 Å². The largest absolute Gasteiger partial charge is 1.00 e. The molecular formula is C18H24N9NaO14S2. The van der Waals surface area contributed by atoms with E-state index in [1.54, 1.807) is 0 Å². The minimum Gasteiger partial charge on any atom is -0.724 e. The fourth-order valence-electron chi connectivity index (χ4n) is 5.12. The Labute approximate surface area is 270 Å². The van der Waals surface area contributed by atoms with Crippen LogP contribution in [-0.4, -0.2) is 109 Å². The Bertz CT molecular complexity index is 1570. The van der Waals surface area contributed by atoms with E-state index in [1.807, 2.05) is 0 Å². The van der Waals surface area contributed by atoms with Crippen molar-refractivity contribution in [3.63, 3.8) is 0 Å². The summed E-state index contributed by atoms with van der Waals surface area (Å²) < 4.78 is 77.3. The number of aliphatic hydroxyl groups is 2. The van der Waals surface area contributed by atoms with E-state index in [0.29, 0.717) is 35.8 Å². The van der Waals surface area contributed by atoms with E-state index in [-0.39, 0.29) is 66.2 Å². The van der Waals surface area contributed by atoms with Gasteiger partial charge in [-0.1, -0.05) is 0 Å². The number of hydrogen-bond donors (Lipinski definition) is 3. The molecule has 23 nitrogen and oxygen atoms in total. The van der Waals surface area contributed by atoms with Crippen molar-refractivity contribution in [1.82, 2.24) is 40.3 Å². The summed E-state index contributed by atoms with van der Waals surface area (Å²) in [7, 11) is -9.50. The standard InChI is InChI=1S/C9H13N5O7S.C9H12N4O7S.Na/c10-20-22(17,18)21-14-5-1-2-6(13(3-5)9(14)16)8-12-11-7(4-15)19-8;14-4-7-10-11-8(19-7)6-2-1-5-3-12(6)9(15)13(5)20-21(16,17)18;/h5-6,15H,1-4,10H2;5-6,14H,1-4H2,(H,16,17,18);/q;;+1/p-1/t2*5-,6+;/m11./s1. The van der Waals surface area contributed by atoms with E-state index in [0.717, 1.165) is 0 Å². The number of aromatic nitrogens is 4. The summed E-state index contributed by atoms with van der Waals surface area (Å²) in [5, 5.41) is 33.9. The topological polar surface area (TPSA) is 310 Å². The van der Waals surface area contributed by atoms with Crippen LogP contribution in [0.25, 0.3) is 0 Å². The van der Waals surface area contributed by atoms with Gasteiger partial charge in [-0.05, 0) is 25.7 Å². The van der Waals surface area contributed by atoms with Gasteiger partial charge in [0.1, 0.15) is 25.3 Å². The number of amides is 4. The minimum atomic E-state index is -5.02. The normalized spacial score (nSPS) is 24.8. The second-order valence-corrected chi connectivity index (χ2v) is 11.6. The van der Waals surface area contributed by atoms with Gasteiger partial charge in [-0.2, -0.15) is 33.0 Å². The van der Waals surface area contributed by atoms with E-state index >= 15 is 0 Å². The Morgan fingerprint density at radius 3 is 1.59 bits per heavy atom. The third-order valence-electron chi connectivity index (χ3n) is 6.91. The summed E-state index contributed by atoms with van der Waals surface area (Å²) in [4.78, 5) is 27.0. The first-order valence-electron chi connectivity index (χ1n) is 12.4. The molecule has 4 saturated heterocycles. The van der Waals surface area contributed by atoms with Crippen molar-refractivity contribution < 1.29 is 92.4 Å². The average molecular weight is 678 g/mol. The number of nitrogens with zero attached hydrogens (tertiary/aromatic N) is 8. The third-order valence-corrected chi connectivity index (χ3v) is 7.83. The summed E-state index contributed by atoms with van der Waals surface area (Å²) in [6.07, 6.45) is 1.80. The van der Waals surface area contributed by atoms with Crippen molar-refractivity contribution in [3.05, 3.63) is 23.6 Å². The second-order valence-electron chi connectivity index (χ2n) is 9.46. The Morgan fingerprint density at radius 2 is 1.23 bits per heavy atom. The second kappa shape index (κ2) is 13.4. The molecule has 2 aromatic rings. The Balaban J connectivity index is 0.000000197. The van der Waals surface area contributed by atoms with Gasteiger partial charge in [0.05, 0.1) is 12.1 Å². The van der Waals surface area contributed by atoms with E-state index < -0.39 is 70.2 Å². The first-order chi connectivity index (χ1) is 20.3. The van der Waals surface area contributed by atoms with Gasteiger partial charge < -0.3 is 33.4 Å². The molecule has 4 atom stereocenters. The van der Waals surface area contributed by atoms with Crippen molar-refractivity contribution in [2.75, 3.05) is 13.1 Å². The van der Waals surface area contributed by atoms with Gasteiger partial charge in [-0.25, -0.2) is 18.0 Å². The summed E-state index contributed by atoms with van der Waals surface area (Å²) in [6.45, 7) is -0.395. The Hall–Kier alpha value is -2.56. The molecule has 0 radical (unpaired) electrons. The fourth-order valence-corrected chi connectivity index (χ4v) is 5.92. The van der Waals surface area contributed by atoms with Gasteiger partial charge in [-0.3, -0.25) is 0 Å². The molecule has 238 valence electrons. The molecule has 0 saturated carbocycles. The maximum absolute atomic E-state index is 12.3. The first kappa shape index (κ1) is 34.3. The number of aliphatic hydroxyl groups excluding tert-OH is 2. The Kier molecular flexibility index (Phi) is 10.5. The van der Waals surface area contributed by atoms with Crippen molar-refractivity contribution in [1.29, 1.82) is 0 Å². The number of carbonyl (C=O) groups excluding carboxylic acids is 2. The summed E-state index contributed by atoms with van der Waals surface area (Å²) in [5.74, 6) is 4.97. The van der Waals surface area contributed by atoms with E-state index in [9.17, 15) is 31.0 Å². The van der Waals surface area contributed by atoms with E-state index in [4.69, 9.17) is 19.0 Å². The van der Waals surface area contributed by atoms with Crippen LogP contribution in [0.2, 0.25) is 0 Å². The molecule has 4 N–H and O–H groups in total. The maximum Gasteiger partial charge on any atom is 1.00 e. The quantitative estimate of drug-likeness (QED) is 0.0964. The zero-order valence-corrected chi connectivity index (χ0v) is 26.4. The molecule has 0 aliphatic carbocycles. The smallest absolute Gasteiger partial charge is 0.724 e. The number of hydrogen-bond acceptors (Lipinski definition) is 19. The molecule has 4 bridgehead atoms. The monoisotopic (exact) mass is 677 g/mol. The van der Waals surface area contributed by atoms with Gasteiger partial charge in [0.15, 0.2) is 0 Å². The number of urea groups is 2. The van der Waals surface area contributed by atoms with Gasteiger partial charge in [0.25, 0.3) is 0 Å². The number of fused-ring (bicyclic) bond motifs is 4. The van der Waals surface area contributed by atoms with Crippen LogP contribution < -0.4 is 35.5 Å². The molecular weight excluding hydrogens is 653 g/mol. The van der Waals surface area contributed by atoms with Crippen LogP contribution in [0.1, 0.15) is 61.3 Å².